The first kappa shape index (κ1) is 18.2. The molecule has 140 valence electrons. The fraction of sp³-hybridized carbons (Fsp3) is 0.222. The second kappa shape index (κ2) is 7.73. The van der Waals surface area contributed by atoms with E-state index in [0.717, 1.165) is 5.56 Å². The van der Waals surface area contributed by atoms with Crippen molar-refractivity contribution in [2.45, 2.75) is 6.54 Å². The van der Waals surface area contributed by atoms with Crippen molar-refractivity contribution in [3.05, 3.63) is 52.3 Å². The zero-order chi connectivity index (χ0) is 19.4. The zero-order valence-corrected chi connectivity index (χ0v) is 15.1. The zero-order valence-electron chi connectivity index (χ0n) is 15.1. The van der Waals surface area contributed by atoms with Crippen LogP contribution in [0.2, 0.25) is 0 Å². The Morgan fingerprint density at radius 3 is 2.33 bits per heavy atom. The molecule has 9 nitrogen and oxygen atoms in total. The highest BCUT2D eigenvalue weighted by Gasteiger charge is 2.19. The van der Waals surface area contributed by atoms with Gasteiger partial charge in [-0.15, -0.1) is 0 Å². The van der Waals surface area contributed by atoms with Crippen LogP contribution in [0, 0.1) is 10.1 Å². The molecule has 0 saturated heterocycles. The largest absolute Gasteiger partial charge is 0.493 e. The van der Waals surface area contributed by atoms with E-state index in [1.54, 1.807) is 18.2 Å². The highest BCUT2D eigenvalue weighted by Crippen LogP contribution is 2.43. The third-order valence-corrected chi connectivity index (χ3v) is 4.04. The van der Waals surface area contributed by atoms with E-state index in [4.69, 9.17) is 14.2 Å². The minimum atomic E-state index is -0.429. The van der Waals surface area contributed by atoms with Crippen molar-refractivity contribution in [3.8, 4) is 17.2 Å². The van der Waals surface area contributed by atoms with Crippen LogP contribution in [0.1, 0.15) is 5.56 Å². The van der Waals surface area contributed by atoms with Gasteiger partial charge in [-0.1, -0.05) is 12.1 Å². The molecule has 0 spiro atoms. The molecule has 0 atom stereocenters. The first-order valence-corrected chi connectivity index (χ1v) is 8.00. The van der Waals surface area contributed by atoms with Gasteiger partial charge >= 0.3 is 0 Å². The highest BCUT2D eigenvalue weighted by molar-refractivity contribution is 5.96. The topological polar surface area (TPSA) is 109 Å². The summed E-state index contributed by atoms with van der Waals surface area (Å²) in [4.78, 5) is 18.9. The van der Waals surface area contributed by atoms with E-state index in [1.165, 1.54) is 39.8 Å². The third kappa shape index (κ3) is 3.52. The predicted molar refractivity (Wildman–Crippen MR) is 99.6 cm³/mol. The van der Waals surface area contributed by atoms with Crippen molar-refractivity contribution in [1.82, 2.24) is 9.97 Å². The molecule has 0 aliphatic carbocycles. The molecule has 3 aromatic rings. The summed E-state index contributed by atoms with van der Waals surface area (Å²) in [5, 5.41) is 14.7. The fourth-order valence-corrected chi connectivity index (χ4v) is 2.73. The van der Waals surface area contributed by atoms with Crippen molar-refractivity contribution in [2.75, 3.05) is 26.6 Å². The molecule has 9 heteroatoms. The maximum absolute atomic E-state index is 10.8. The quantitative estimate of drug-likeness (QED) is 0.499. The molecule has 1 N–H and O–H groups in total. The summed E-state index contributed by atoms with van der Waals surface area (Å²) in [7, 11) is 4.60. The molecule has 0 unspecified atom stereocenters. The fourth-order valence-electron chi connectivity index (χ4n) is 2.73. The monoisotopic (exact) mass is 370 g/mol. The normalized spacial score (nSPS) is 10.5. The van der Waals surface area contributed by atoms with Gasteiger partial charge in [-0.2, -0.15) is 0 Å². The number of nitro benzene ring substituents is 1. The van der Waals surface area contributed by atoms with Crippen LogP contribution < -0.4 is 19.5 Å². The summed E-state index contributed by atoms with van der Waals surface area (Å²) in [6, 6.07) is 8.09. The third-order valence-electron chi connectivity index (χ3n) is 4.04. The molecule has 0 fully saturated rings. The number of hydrogen-bond acceptors (Lipinski definition) is 8. The van der Waals surface area contributed by atoms with Gasteiger partial charge in [0.2, 0.25) is 5.75 Å². The number of methoxy groups -OCH3 is 3. The van der Waals surface area contributed by atoms with Gasteiger partial charge in [-0.25, -0.2) is 9.97 Å². The van der Waals surface area contributed by atoms with Gasteiger partial charge in [-0.3, -0.25) is 10.1 Å². The summed E-state index contributed by atoms with van der Waals surface area (Å²) in [6.07, 6.45) is 1.43. The van der Waals surface area contributed by atoms with E-state index in [9.17, 15) is 10.1 Å². The van der Waals surface area contributed by atoms with Gasteiger partial charge in [0, 0.05) is 18.7 Å². The number of ether oxygens (including phenoxy) is 3. The number of hydrogen-bond donors (Lipinski definition) is 1. The molecule has 0 aliphatic rings. The molecular formula is C18H18N4O5. The maximum atomic E-state index is 10.8. The van der Waals surface area contributed by atoms with Crippen LogP contribution in [-0.2, 0) is 6.54 Å². The summed E-state index contributed by atoms with van der Waals surface area (Å²) in [6.45, 7) is 0.431. The lowest BCUT2D eigenvalue weighted by atomic mass is 10.1. The Bertz CT molecular complexity index is 976. The lowest BCUT2D eigenvalue weighted by Crippen LogP contribution is -2.04. The predicted octanol–water partition coefficient (Wildman–Crippen LogP) is 3.18. The number of non-ortho nitro benzene ring substituents is 1. The molecule has 2 aromatic carbocycles. The van der Waals surface area contributed by atoms with Crippen LogP contribution in [0.25, 0.3) is 10.9 Å². The van der Waals surface area contributed by atoms with Gasteiger partial charge in [-0.05, 0) is 11.6 Å². The average Bonchev–Trinajstić information content (AvgIpc) is 2.70. The van der Waals surface area contributed by atoms with Crippen LogP contribution in [0.4, 0.5) is 11.5 Å². The summed E-state index contributed by atoms with van der Waals surface area (Å²) >= 11 is 0. The Hall–Kier alpha value is -3.62. The number of nitrogens with one attached hydrogen (secondary N) is 1. The first-order valence-electron chi connectivity index (χ1n) is 8.00. The van der Waals surface area contributed by atoms with Crippen LogP contribution in [0.5, 0.6) is 17.2 Å². The second-order valence-corrected chi connectivity index (χ2v) is 5.54. The van der Waals surface area contributed by atoms with E-state index >= 15 is 0 Å². The highest BCUT2D eigenvalue weighted by atomic mass is 16.6. The number of fused-ring (bicyclic) bond motifs is 1. The number of aromatic nitrogens is 2. The van der Waals surface area contributed by atoms with Crippen LogP contribution in [-0.4, -0.2) is 36.2 Å². The molecule has 1 heterocycles. The number of anilines is 1. The van der Waals surface area contributed by atoms with Gasteiger partial charge in [0.15, 0.2) is 11.5 Å². The summed E-state index contributed by atoms with van der Waals surface area (Å²) < 4.78 is 16.2. The molecule has 1 aromatic heterocycles. The van der Waals surface area contributed by atoms with Crippen molar-refractivity contribution >= 4 is 22.4 Å². The second-order valence-electron chi connectivity index (χ2n) is 5.54. The average molecular weight is 370 g/mol. The summed E-state index contributed by atoms with van der Waals surface area (Å²) in [5.41, 5.74) is 1.50. The Kier molecular flexibility index (Phi) is 5.20. The van der Waals surface area contributed by atoms with E-state index in [2.05, 4.69) is 15.3 Å². The molecule has 0 saturated carbocycles. The van der Waals surface area contributed by atoms with Crippen molar-refractivity contribution in [1.29, 1.82) is 0 Å². The molecule has 27 heavy (non-hydrogen) atoms. The smallest absolute Gasteiger partial charge is 0.269 e. The summed E-state index contributed by atoms with van der Waals surface area (Å²) in [5.74, 6) is 1.98. The maximum Gasteiger partial charge on any atom is 0.269 e. The van der Waals surface area contributed by atoms with E-state index in [1.807, 2.05) is 0 Å². The molecule has 0 radical (unpaired) electrons. The standard InChI is InChI=1S/C18H18N4O5/c1-25-14-8-13-15(17(27-3)16(14)26-2)20-10-21-18(13)19-9-11-4-6-12(7-5-11)22(23)24/h4-8,10H,9H2,1-3H3,(H,19,20,21). The molecule has 0 aliphatic heterocycles. The Morgan fingerprint density at radius 2 is 1.74 bits per heavy atom. The van der Waals surface area contributed by atoms with Crippen LogP contribution >= 0.6 is 0 Å². The van der Waals surface area contributed by atoms with Gasteiger partial charge in [0.25, 0.3) is 5.69 Å². The molecule has 0 bridgehead atoms. The molecule has 3 rings (SSSR count). The van der Waals surface area contributed by atoms with Crippen molar-refractivity contribution in [2.24, 2.45) is 0 Å². The van der Waals surface area contributed by atoms with E-state index in [-0.39, 0.29) is 5.69 Å². The van der Waals surface area contributed by atoms with Gasteiger partial charge < -0.3 is 19.5 Å². The van der Waals surface area contributed by atoms with Crippen LogP contribution in [0.3, 0.4) is 0 Å². The lowest BCUT2D eigenvalue weighted by molar-refractivity contribution is -0.384. The number of nitrogens with zero attached hydrogens (tertiary/aromatic N) is 3. The minimum Gasteiger partial charge on any atom is -0.493 e. The Labute approximate surface area is 155 Å². The Balaban J connectivity index is 1.96. The first-order chi connectivity index (χ1) is 13.1. The van der Waals surface area contributed by atoms with Crippen molar-refractivity contribution < 1.29 is 19.1 Å². The lowest BCUT2D eigenvalue weighted by Gasteiger charge is -2.15. The van der Waals surface area contributed by atoms with E-state index in [0.29, 0.717) is 40.5 Å². The molecular weight excluding hydrogens is 352 g/mol. The Morgan fingerprint density at radius 1 is 1.04 bits per heavy atom. The number of benzene rings is 2. The number of rotatable bonds is 7. The SMILES string of the molecule is COc1cc2c(NCc3ccc([N+](=O)[O-])cc3)ncnc2c(OC)c1OC. The van der Waals surface area contributed by atoms with E-state index < -0.39 is 4.92 Å². The van der Waals surface area contributed by atoms with Crippen molar-refractivity contribution in [3.63, 3.8) is 0 Å². The minimum absolute atomic E-state index is 0.0489. The van der Waals surface area contributed by atoms with Gasteiger partial charge in [0.05, 0.1) is 31.6 Å². The number of nitro groups is 1. The molecule has 0 amide bonds. The van der Waals surface area contributed by atoms with Gasteiger partial charge in [0.1, 0.15) is 17.7 Å². The van der Waals surface area contributed by atoms with Crippen LogP contribution in [0.15, 0.2) is 36.7 Å².